The number of likely N-dealkylation sites (tertiary alicyclic amines) is 1. The molecule has 0 spiro atoms. The second kappa shape index (κ2) is 7.56. The van der Waals surface area contributed by atoms with Crippen LogP contribution in [0.4, 0.5) is 0 Å². The maximum Gasteiger partial charge on any atom is 0.270 e. The van der Waals surface area contributed by atoms with E-state index in [1.54, 1.807) is 13.0 Å². The normalized spacial score (nSPS) is 22.6. The summed E-state index contributed by atoms with van der Waals surface area (Å²) in [5.74, 6) is 0.219. The summed E-state index contributed by atoms with van der Waals surface area (Å²) in [4.78, 5) is 32.5. The summed E-state index contributed by atoms with van der Waals surface area (Å²) >= 11 is 0. The number of aryl methyl sites for hydroxylation is 1. The summed E-state index contributed by atoms with van der Waals surface area (Å²) in [5.41, 5.74) is 3.50. The van der Waals surface area contributed by atoms with Crippen LogP contribution in [0, 0.1) is 24.2 Å². The second-order valence-electron chi connectivity index (χ2n) is 8.51. The molecule has 1 N–H and O–H groups in total. The third-order valence-corrected chi connectivity index (χ3v) is 6.45. The number of rotatable bonds is 3. The average Bonchev–Trinajstić information content (AvgIpc) is 3.41. The Morgan fingerprint density at radius 2 is 2.00 bits per heavy atom. The molecule has 1 saturated heterocycles. The van der Waals surface area contributed by atoms with E-state index in [2.05, 4.69) is 21.5 Å². The van der Waals surface area contributed by atoms with Gasteiger partial charge in [0.1, 0.15) is 17.3 Å². The molecule has 1 saturated carbocycles. The van der Waals surface area contributed by atoms with Gasteiger partial charge in [-0.15, -0.1) is 0 Å². The van der Waals surface area contributed by atoms with E-state index in [1.807, 2.05) is 25.7 Å². The molecule has 3 heterocycles. The summed E-state index contributed by atoms with van der Waals surface area (Å²) in [6.07, 6.45) is 4.23. The molecule has 1 aliphatic carbocycles. The molecule has 2 aliphatic rings. The minimum absolute atomic E-state index is 0.0152. The van der Waals surface area contributed by atoms with Crippen LogP contribution in [-0.2, 0) is 4.79 Å². The van der Waals surface area contributed by atoms with Gasteiger partial charge in [-0.3, -0.25) is 9.59 Å². The predicted octanol–water partition coefficient (Wildman–Crippen LogP) is 2.38. The van der Waals surface area contributed by atoms with Gasteiger partial charge in [0, 0.05) is 23.9 Å². The Hall–Kier alpha value is -3.21. The van der Waals surface area contributed by atoms with Crippen molar-refractivity contribution in [2.75, 3.05) is 6.54 Å². The lowest BCUT2D eigenvalue weighted by Crippen LogP contribution is -2.50. The summed E-state index contributed by atoms with van der Waals surface area (Å²) < 4.78 is 1.41. The molecule has 3 atom stereocenters. The fourth-order valence-electron chi connectivity index (χ4n) is 4.70. The van der Waals surface area contributed by atoms with Crippen LogP contribution in [0.5, 0.6) is 0 Å². The molecule has 156 valence electrons. The monoisotopic (exact) mass is 406 g/mol. The maximum atomic E-state index is 13.2. The highest BCUT2D eigenvalue weighted by Gasteiger charge is 2.46. The van der Waals surface area contributed by atoms with Crippen molar-refractivity contribution in [3.63, 3.8) is 0 Å². The molecule has 2 aromatic heterocycles. The van der Waals surface area contributed by atoms with E-state index in [9.17, 15) is 14.9 Å². The highest BCUT2D eigenvalue weighted by molar-refractivity contribution is 5.95. The Morgan fingerprint density at radius 3 is 2.70 bits per heavy atom. The van der Waals surface area contributed by atoms with Crippen LogP contribution in [0.25, 0.3) is 5.65 Å². The lowest BCUT2D eigenvalue weighted by molar-refractivity contribution is -0.128. The zero-order valence-electron chi connectivity index (χ0n) is 17.8. The van der Waals surface area contributed by atoms with Crippen LogP contribution in [0.3, 0.4) is 0 Å². The number of nitrogens with one attached hydrogen (secondary N) is 1. The number of hydrogen-bond acceptors (Lipinski definition) is 5. The first kappa shape index (κ1) is 20.1. The lowest BCUT2D eigenvalue weighted by Gasteiger charge is -2.30. The van der Waals surface area contributed by atoms with Crippen LogP contribution in [0.2, 0.25) is 0 Å². The average molecular weight is 406 g/mol. The summed E-state index contributed by atoms with van der Waals surface area (Å²) in [5, 5.41) is 16.6. The van der Waals surface area contributed by atoms with Crippen molar-refractivity contribution >= 4 is 17.5 Å². The van der Waals surface area contributed by atoms with E-state index in [0.717, 1.165) is 37.0 Å². The second-order valence-corrected chi connectivity index (χ2v) is 8.51. The third-order valence-electron chi connectivity index (χ3n) is 6.45. The van der Waals surface area contributed by atoms with Gasteiger partial charge in [-0.2, -0.15) is 10.4 Å². The molecule has 1 aliphatic heterocycles. The Morgan fingerprint density at radius 1 is 1.23 bits per heavy atom. The predicted molar refractivity (Wildman–Crippen MR) is 111 cm³/mol. The molecule has 4 rings (SSSR count). The number of carbonyl (C=O) groups excluding carboxylic acids is 2. The van der Waals surface area contributed by atoms with Crippen molar-refractivity contribution in [1.29, 1.82) is 5.26 Å². The number of fused-ring (bicyclic) bond motifs is 2. The fourth-order valence-corrected chi connectivity index (χ4v) is 4.70. The SMILES string of the molecule is CC(C)=C(C)C(=O)N1CC[C@@H]2CC[C@@H](NC(=O)c3cc(C)nc4c(C#N)cnn34)[C@@H]21. The van der Waals surface area contributed by atoms with Crippen molar-refractivity contribution in [3.8, 4) is 6.07 Å². The minimum Gasteiger partial charge on any atom is -0.346 e. The van der Waals surface area contributed by atoms with Gasteiger partial charge in [0.2, 0.25) is 5.91 Å². The van der Waals surface area contributed by atoms with E-state index in [-0.39, 0.29) is 23.9 Å². The van der Waals surface area contributed by atoms with E-state index in [4.69, 9.17) is 0 Å². The molecule has 8 heteroatoms. The van der Waals surface area contributed by atoms with Gasteiger partial charge in [-0.1, -0.05) is 5.57 Å². The van der Waals surface area contributed by atoms with Gasteiger partial charge >= 0.3 is 0 Å². The van der Waals surface area contributed by atoms with E-state index >= 15 is 0 Å². The number of carbonyl (C=O) groups is 2. The lowest BCUT2D eigenvalue weighted by atomic mass is 10.0. The van der Waals surface area contributed by atoms with Crippen LogP contribution in [-0.4, -0.2) is 49.9 Å². The Balaban J connectivity index is 1.60. The first-order valence-electron chi connectivity index (χ1n) is 10.3. The standard InChI is InChI=1S/C22H26N6O2/c1-12(2)14(4)22(30)27-8-7-15-5-6-17(19(15)27)26-21(29)18-9-13(3)25-20-16(10-23)11-24-28(18)20/h9,11,15,17,19H,5-8H2,1-4H3,(H,26,29)/t15-,17+,19+/m0/s1. The number of nitrogens with zero attached hydrogens (tertiary/aromatic N) is 5. The van der Waals surface area contributed by atoms with Crippen LogP contribution < -0.4 is 5.32 Å². The molecule has 2 fully saturated rings. The van der Waals surface area contributed by atoms with Gasteiger partial charge in [0.05, 0.1) is 12.2 Å². The largest absolute Gasteiger partial charge is 0.346 e. The molecule has 30 heavy (non-hydrogen) atoms. The fraction of sp³-hybridized carbons (Fsp3) is 0.500. The number of nitriles is 1. The van der Waals surface area contributed by atoms with Crippen molar-refractivity contribution < 1.29 is 9.59 Å². The van der Waals surface area contributed by atoms with Gasteiger partial charge in [0.15, 0.2) is 5.65 Å². The number of allylic oxidation sites excluding steroid dienone is 1. The maximum absolute atomic E-state index is 13.2. The first-order chi connectivity index (χ1) is 14.3. The summed E-state index contributed by atoms with van der Waals surface area (Å²) in [6.45, 7) is 8.29. The zero-order chi connectivity index (χ0) is 21.6. The highest BCUT2D eigenvalue weighted by Crippen LogP contribution is 2.39. The van der Waals surface area contributed by atoms with Crippen LogP contribution in [0.1, 0.15) is 61.8 Å². The molecule has 0 bridgehead atoms. The van der Waals surface area contributed by atoms with Crippen molar-refractivity contribution in [1.82, 2.24) is 24.8 Å². The van der Waals surface area contributed by atoms with E-state index in [0.29, 0.717) is 28.5 Å². The highest BCUT2D eigenvalue weighted by atomic mass is 16.2. The molecule has 2 amide bonds. The molecule has 2 aromatic rings. The van der Waals surface area contributed by atoms with E-state index in [1.165, 1.54) is 10.7 Å². The van der Waals surface area contributed by atoms with Gasteiger partial charge in [0.25, 0.3) is 5.91 Å². The Bertz CT molecular complexity index is 1100. The third kappa shape index (κ3) is 3.24. The Kier molecular flexibility index (Phi) is 5.06. The molecular formula is C22H26N6O2. The number of hydrogen-bond donors (Lipinski definition) is 1. The van der Waals surface area contributed by atoms with Gasteiger partial charge in [-0.05, 0) is 58.9 Å². The number of aromatic nitrogens is 3. The topological polar surface area (TPSA) is 103 Å². The smallest absolute Gasteiger partial charge is 0.270 e. The minimum atomic E-state index is -0.262. The van der Waals surface area contributed by atoms with Gasteiger partial charge in [-0.25, -0.2) is 9.50 Å². The molecule has 0 aromatic carbocycles. The van der Waals surface area contributed by atoms with Crippen molar-refractivity contribution in [2.24, 2.45) is 5.92 Å². The Labute approximate surface area is 175 Å². The van der Waals surface area contributed by atoms with Crippen LogP contribution in [0.15, 0.2) is 23.4 Å². The summed E-state index contributed by atoms with van der Waals surface area (Å²) in [7, 11) is 0. The quantitative estimate of drug-likeness (QED) is 0.788. The summed E-state index contributed by atoms with van der Waals surface area (Å²) in [6, 6.07) is 3.64. The van der Waals surface area contributed by atoms with Crippen molar-refractivity contribution in [3.05, 3.63) is 40.4 Å². The molecule has 0 radical (unpaired) electrons. The van der Waals surface area contributed by atoms with Gasteiger partial charge < -0.3 is 10.2 Å². The van der Waals surface area contributed by atoms with Crippen LogP contribution >= 0.6 is 0 Å². The first-order valence-corrected chi connectivity index (χ1v) is 10.3. The molecule has 8 nitrogen and oxygen atoms in total. The van der Waals surface area contributed by atoms with Crippen molar-refractivity contribution in [2.45, 2.75) is 59.0 Å². The number of amides is 2. The zero-order valence-corrected chi connectivity index (χ0v) is 17.8. The molecular weight excluding hydrogens is 380 g/mol. The molecule has 0 unspecified atom stereocenters. The van der Waals surface area contributed by atoms with E-state index < -0.39 is 0 Å².